The van der Waals surface area contributed by atoms with Gasteiger partial charge in [0.15, 0.2) is 12.5 Å². The average Bonchev–Trinajstić information content (AvgIpc) is 2.23. The van der Waals surface area contributed by atoms with Crippen molar-refractivity contribution >= 4 is 11.6 Å². The average molecular weight is 232 g/mol. The fraction of sp³-hybridized carbons (Fsp3) is 0.400. The van der Waals surface area contributed by atoms with Crippen LogP contribution in [-0.2, 0) is 9.47 Å². The maximum absolute atomic E-state index is 9.12. The van der Waals surface area contributed by atoms with Gasteiger partial charge in [0.1, 0.15) is 5.75 Å². The minimum Gasteiger partial charge on any atom is -0.507 e. The van der Waals surface area contributed by atoms with Crippen molar-refractivity contribution in [3.8, 4) is 11.5 Å². The van der Waals surface area contributed by atoms with Crippen molar-refractivity contribution < 1.29 is 19.3 Å². The molecule has 0 heterocycles. The van der Waals surface area contributed by atoms with Crippen LogP contribution < -0.4 is 4.74 Å². The zero-order valence-corrected chi connectivity index (χ0v) is 9.08. The summed E-state index contributed by atoms with van der Waals surface area (Å²) in [5.74, 6) is 0.250. The van der Waals surface area contributed by atoms with E-state index in [-0.39, 0.29) is 18.3 Å². The molecule has 0 atom stereocenters. The van der Waals surface area contributed by atoms with Gasteiger partial charge in [-0.1, -0.05) is 11.6 Å². The molecule has 4 nitrogen and oxygen atoms in total. The van der Waals surface area contributed by atoms with Crippen LogP contribution in [0.25, 0.3) is 0 Å². The van der Waals surface area contributed by atoms with E-state index in [0.717, 1.165) is 0 Å². The van der Waals surface area contributed by atoms with Crippen LogP contribution in [0.5, 0.6) is 11.5 Å². The number of phenols is 1. The summed E-state index contributed by atoms with van der Waals surface area (Å²) >= 11 is 5.79. The van der Waals surface area contributed by atoms with Gasteiger partial charge in [0.25, 0.3) is 0 Å². The lowest BCUT2D eigenvalue weighted by molar-refractivity contribution is -0.00861. The molecular formula is C10H12ClO4. The standard InChI is InChI=1S/C10H12ClO4/c1-13-4-5-14-7-15-10-6-8(12)2-3-9(10)11/h2-3,12H,4-5,7H2,1H3. The van der Waals surface area contributed by atoms with Gasteiger partial charge in [-0.3, -0.25) is 0 Å². The van der Waals surface area contributed by atoms with E-state index >= 15 is 0 Å². The van der Waals surface area contributed by atoms with Crippen molar-refractivity contribution in [3.63, 3.8) is 0 Å². The first-order chi connectivity index (χ1) is 7.24. The third-order valence-corrected chi connectivity index (χ3v) is 1.86. The third kappa shape index (κ3) is 4.38. The first-order valence-electron chi connectivity index (χ1n) is 4.34. The lowest BCUT2D eigenvalue weighted by atomic mass is 10.3. The van der Waals surface area contributed by atoms with Gasteiger partial charge in [0, 0.05) is 7.11 Å². The second kappa shape index (κ2) is 6.50. The van der Waals surface area contributed by atoms with E-state index in [0.29, 0.717) is 18.2 Å². The molecular weight excluding hydrogens is 220 g/mol. The number of phenolic OH excluding ortho intramolecular Hbond substituents is 1. The lowest BCUT2D eigenvalue weighted by Gasteiger charge is -2.08. The Morgan fingerprint density at radius 2 is 2.20 bits per heavy atom. The van der Waals surface area contributed by atoms with Crippen LogP contribution in [0, 0.1) is 6.07 Å². The summed E-state index contributed by atoms with van der Waals surface area (Å²) in [4.78, 5) is 0. The molecule has 0 bridgehead atoms. The fourth-order valence-corrected chi connectivity index (χ4v) is 1.02. The van der Waals surface area contributed by atoms with Gasteiger partial charge in [-0.05, 0) is 12.1 Å². The molecule has 83 valence electrons. The number of ether oxygens (including phenoxy) is 3. The molecule has 0 amide bonds. The van der Waals surface area contributed by atoms with Crippen LogP contribution in [0.1, 0.15) is 0 Å². The zero-order valence-electron chi connectivity index (χ0n) is 8.33. The molecule has 5 heteroatoms. The number of rotatable bonds is 6. The first-order valence-corrected chi connectivity index (χ1v) is 4.72. The highest BCUT2D eigenvalue weighted by molar-refractivity contribution is 6.32. The summed E-state index contributed by atoms with van der Waals surface area (Å²) in [5, 5.41) is 9.50. The van der Waals surface area contributed by atoms with Gasteiger partial charge in [-0.2, -0.15) is 0 Å². The topological polar surface area (TPSA) is 47.9 Å². The molecule has 1 rings (SSSR count). The number of aromatic hydroxyl groups is 1. The maximum Gasteiger partial charge on any atom is 0.189 e. The Kier molecular flexibility index (Phi) is 5.25. The van der Waals surface area contributed by atoms with Crippen LogP contribution in [0.3, 0.4) is 0 Å². The van der Waals surface area contributed by atoms with Crippen LogP contribution in [-0.4, -0.2) is 32.2 Å². The molecule has 0 saturated heterocycles. The van der Waals surface area contributed by atoms with E-state index in [1.54, 1.807) is 7.11 Å². The van der Waals surface area contributed by atoms with E-state index in [9.17, 15) is 0 Å². The smallest absolute Gasteiger partial charge is 0.189 e. The molecule has 0 fully saturated rings. The first kappa shape index (κ1) is 12.1. The molecule has 0 aliphatic carbocycles. The van der Waals surface area contributed by atoms with Gasteiger partial charge in [-0.25, -0.2) is 0 Å². The quantitative estimate of drug-likeness (QED) is 0.600. The molecule has 0 aliphatic rings. The van der Waals surface area contributed by atoms with E-state index in [1.165, 1.54) is 12.1 Å². The van der Waals surface area contributed by atoms with Crippen LogP contribution in [0.2, 0.25) is 5.02 Å². The summed E-state index contributed by atoms with van der Waals surface area (Å²) in [6.45, 7) is 0.983. The molecule has 15 heavy (non-hydrogen) atoms. The zero-order chi connectivity index (χ0) is 11.1. The summed E-state index contributed by atoms with van der Waals surface area (Å²) in [7, 11) is 1.59. The predicted octanol–water partition coefficient (Wildman–Crippen LogP) is 1.85. The van der Waals surface area contributed by atoms with Crippen molar-refractivity contribution in [2.45, 2.75) is 0 Å². The van der Waals surface area contributed by atoms with Gasteiger partial charge in [0.05, 0.1) is 24.3 Å². The summed E-state index contributed by atoms with van der Waals surface area (Å²) < 4.78 is 15.0. The van der Waals surface area contributed by atoms with Gasteiger partial charge < -0.3 is 19.3 Å². The van der Waals surface area contributed by atoms with Gasteiger partial charge in [0.2, 0.25) is 0 Å². The molecule has 0 unspecified atom stereocenters. The van der Waals surface area contributed by atoms with E-state index in [4.69, 9.17) is 30.9 Å². The number of halogens is 1. The van der Waals surface area contributed by atoms with E-state index in [2.05, 4.69) is 6.07 Å². The summed E-state index contributed by atoms with van der Waals surface area (Å²) in [6.07, 6.45) is 0. The highest BCUT2D eigenvalue weighted by Crippen LogP contribution is 2.27. The van der Waals surface area contributed by atoms with E-state index in [1.807, 2.05) is 0 Å². The fourth-order valence-electron chi connectivity index (χ4n) is 0.852. The largest absolute Gasteiger partial charge is 0.507 e. The summed E-state index contributed by atoms with van der Waals surface area (Å²) in [6, 6.07) is 5.51. The van der Waals surface area contributed by atoms with Crippen molar-refractivity contribution in [2.75, 3.05) is 27.1 Å². The Morgan fingerprint density at radius 3 is 2.93 bits per heavy atom. The van der Waals surface area contributed by atoms with Crippen LogP contribution >= 0.6 is 11.6 Å². The minimum atomic E-state index is -0.0220. The second-order valence-corrected chi connectivity index (χ2v) is 3.09. The van der Waals surface area contributed by atoms with Gasteiger partial charge >= 0.3 is 0 Å². The minimum absolute atomic E-state index is 0.0220. The predicted molar refractivity (Wildman–Crippen MR) is 55.3 cm³/mol. The monoisotopic (exact) mass is 231 g/mol. The number of methoxy groups -OCH3 is 1. The van der Waals surface area contributed by atoms with Gasteiger partial charge in [-0.15, -0.1) is 0 Å². The highest BCUT2D eigenvalue weighted by Gasteiger charge is 2.03. The molecule has 1 aromatic rings. The van der Waals surface area contributed by atoms with Crippen molar-refractivity contribution in [1.82, 2.24) is 0 Å². The maximum atomic E-state index is 9.12. The molecule has 1 N–H and O–H groups in total. The molecule has 0 spiro atoms. The molecule has 0 saturated carbocycles. The van der Waals surface area contributed by atoms with Crippen molar-refractivity contribution in [2.24, 2.45) is 0 Å². The molecule has 0 aliphatic heterocycles. The second-order valence-electron chi connectivity index (χ2n) is 2.68. The molecule has 1 aromatic carbocycles. The number of benzene rings is 1. The SMILES string of the molecule is COCCOCOc1[c]c(O)ccc1Cl. The molecule has 0 aromatic heterocycles. The highest BCUT2D eigenvalue weighted by atomic mass is 35.5. The Morgan fingerprint density at radius 1 is 1.40 bits per heavy atom. The third-order valence-electron chi connectivity index (χ3n) is 1.56. The Balaban J connectivity index is 2.33. The Hall–Kier alpha value is -0.970. The summed E-state index contributed by atoms with van der Waals surface area (Å²) in [5.41, 5.74) is 0. The number of hydrogen-bond acceptors (Lipinski definition) is 4. The van der Waals surface area contributed by atoms with Crippen molar-refractivity contribution in [3.05, 3.63) is 23.2 Å². The van der Waals surface area contributed by atoms with Crippen LogP contribution in [0.15, 0.2) is 12.1 Å². The van der Waals surface area contributed by atoms with E-state index < -0.39 is 0 Å². The lowest BCUT2D eigenvalue weighted by Crippen LogP contribution is -2.07. The van der Waals surface area contributed by atoms with Crippen molar-refractivity contribution in [1.29, 1.82) is 0 Å². The number of hydrogen-bond donors (Lipinski definition) is 1. The Bertz CT molecular complexity index is 303. The van der Waals surface area contributed by atoms with Crippen LogP contribution in [0.4, 0.5) is 0 Å². The molecule has 1 radical (unpaired) electrons. The Labute approximate surface area is 93.3 Å². The normalized spacial score (nSPS) is 10.3.